The summed E-state index contributed by atoms with van der Waals surface area (Å²) in [6.07, 6.45) is 6.03. The number of H-pyrrole nitrogens is 1. The Balaban J connectivity index is 1.46. The van der Waals surface area contributed by atoms with E-state index in [1.54, 1.807) is 6.33 Å². The number of aryl methyl sites for hydroxylation is 3. The molecule has 1 fully saturated rings. The number of likely N-dealkylation sites (tertiary alicyclic amines) is 1. The summed E-state index contributed by atoms with van der Waals surface area (Å²) in [5, 5.41) is 15.9. The molecule has 136 valence electrons. The fourth-order valence-electron chi connectivity index (χ4n) is 3.92. The molecule has 0 amide bonds. The van der Waals surface area contributed by atoms with Crippen LogP contribution in [0, 0.1) is 13.8 Å². The highest BCUT2D eigenvalue weighted by molar-refractivity contribution is 5.67. The zero-order chi connectivity index (χ0) is 18.1. The summed E-state index contributed by atoms with van der Waals surface area (Å²) >= 11 is 0. The molecule has 0 bridgehead atoms. The van der Waals surface area contributed by atoms with E-state index in [-0.39, 0.29) is 0 Å². The fourth-order valence-corrected chi connectivity index (χ4v) is 3.92. The van der Waals surface area contributed by atoms with E-state index in [9.17, 15) is 0 Å². The largest absolute Gasteiger partial charge is 0.320 e. The van der Waals surface area contributed by atoms with E-state index in [2.05, 4.69) is 61.9 Å². The maximum Gasteiger partial charge on any atom is 0.135 e. The first-order valence-corrected chi connectivity index (χ1v) is 9.28. The number of hydrogen-bond donors (Lipinski definition) is 1. The van der Waals surface area contributed by atoms with Crippen LogP contribution in [0.15, 0.2) is 30.7 Å². The van der Waals surface area contributed by atoms with Crippen LogP contribution >= 0.6 is 0 Å². The van der Waals surface area contributed by atoms with Crippen molar-refractivity contribution in [3.8, 4) is 11.3 Å². The van der Waals surface area contributed by atoms with Crippen molar-refractivity contribution in [3.05, 3.63) is 53.2 Å². The molecule has 0 aliphatic carbocycles. The van der Waals surface area contributed by atoms with Crippen LogP contribution in [0.5, 0.6) is 0 Å². The van der Waals surface area contributed by atoms with Crippen molar-refractivity contribution >= 4 is 0 Å². The summed E-state index contributed by atoms with van der Waals surface area (Å²) in [5.41, 5.74) is 6.24. The van der Waals surface area contributed by atoms with Crippen LogP contribution in [-0.4, -0.2) is 43.0 Å². The predicted molar refractivity (Wildman–Crippen MR) is 102 cm³/mol. The Hall–Kier alpha value is -2.47. The summed E-state index contributed by atoms with van der Waals surface area (Å²) in [6.45, 7) is 7.39. The second-order valence-electron chi connectivity index (χ2n) is 7.44. The molecule has 1 aliphatic heterocycles. The van der Waals surface area contributed by atoms with E-state index < -0.39 is 0 Å². The van der Waals surface area contributed by atoms with E-state index in [0.29, 0.717) is 5.92 Å². The molecule has 0 radical (unpaired) electrons. The van der Waals surface area contributed by atoms with Crippen molar-refractivity contribution in [2.24, 2.45) is 7.05 Å². The Morgan fingerprint density at radius 2 is 2.00 bits per heavy atom. The molecule has 3 aromatic rings. The van der Waals surface area contributed by atoms with Gasteiger partial charge in [-0.3, -0.25) is 10.00 Å². The standard InChI is InChI=1S/C20H26N6/c1-14-4-5-15(2)18(10-14)19-17(11-21-23-19)12-26-8-6-16(7-9-26)20-24-22-13-25(20)3/h4-5,10-11,13,16H,6-9,12H2,1-3H3,(H,21,23). The highest BCUT2D eigenvalue weighted by atomic mass is 15.3. The zero-order valence-corrected chi connectivity index (χ0v) is 15.7. The monoisotopic (exact) mass is 350 g/mol. The highest BCUT2D eigenvalue weighted by Gasteiger charge is 2.24. The summed E-state index contributed by atoms with van der Waals surface area (Å²) in [4.78, 5) is 2.52. The molecule has 6 nitrogen and oxygen atoms in total. The van der Waals surface area contributed by atoms with Crippen molar-refractivity contribution in [1.29, 1.82) is 0 Å². The van der Waals surface area contributed by atoms with Gasteiger partial charge in [-0.05, 0) is 51.4 Å². The molecule has 26 heavy (non-hydrogen) atoms. The molecule has 3 heterocycles. The normalized spacial score (nSPS) is 16.3. The topological polar surface area (TPSA) is 62.6 Å². The summed E-state index contributed by atoms with van der Waals surface area (Å²) in [6, 6.07) is 6.58. The number of piperidine rings is 1. The van der Waals surface area contributed by atoms with Crippen LogP contribution < -0.4 is 0 Å². The van der Waals surface area contributed by atoms with E-state index >= 15 is 0 Å². The van der Waals surface area contributed by atoms with Crippen LogP contribution in [0.25, 0.3) is 11.3 Å². The molecule has 0 saturated carbocycles. The Labute approximate surface area is 154 Å². The van der Waals surface area contributed by atoms with E-state index in [4.69, 9.17) is 0 Å². The first kappa shape index (κ1) is 17.0. The van der Waals surface area contributed by atoms with Crippen LogP contribution in [0.2, 0.25) is 0 Å². The molecule has 2 aromatic heterocycles. The molecule has 0 atom stereocenters. The number of benzene rings is 1. The second kappa shape index (κ2) is 7.03. The third-order valence-corrected chi connectivity index (χ3v) is 5.47. The molecule has 1 aliphatic rings. The lowest BCUT2D eigenvalue weighted by atomic mass is 9.95. The maximum atomic E-state index is 4.33. The molecule has 1 N–H and O–H groups in total. The Kier molecular flexibility index (Phi) is 4.59. The van der Waals surface area contributed by atoms with Gasteiger partial charge in [0.25, 0.3) is 0 Å². The van der Waals surface area contributed by atoms with Gasteiger partial charge in [0.1, 0.15) is 12.2 Å². The summed E-state index contributed by atoms with van der Waals surface area (Å²) in [5.74, 6) is 1.63. The third-order valence-electron chi connectivity index (χ3n) is 5.47. The van der Waals surface area contributed by atoms with Gasteiger partial charge in [0.15, 0.2) is 0 Å². The van der Waals surface area contributed by atoms with Crippen LogP contribution in [0.3, 0.4) is 0 Å². The number of rotatable bonds is 4. The molecule has 4 rings (SSSR count). The minimum Gasteiger partial charge on any atom is -0.320 e. The predicted octanol–water partition coefficient (Wildman–Crippen LogP) is 3.20. The number of nitrogens with zero attached hydrogens (tertiary/aromatic N) is 5. The Morgan fingerprint density at radius 3 is 2.73 bits per heavy atom. The molecule has 0 unspecified atom stereocenters. The van der Waals surface area contributed by atoms with Gasteiger partial charge in [-0.15, -0.1) is 10.2 Å². The minimum absolute atomic E-state index is 0.515. The lowest BCUT2D eigenvalue weighted by Crippen LogP contribution is -2.33. The molecule has 1 aromatic carbocycles. The minimum atomic E-state index is 0.515. The van der Waals surface area contributed by atoms with Crippen LogP contribution in [0.1, 0.15) is 41.3 Å². The number of nitrogens with one attached hydrogen (secondary N) is 1. The second-order valence-corrected chi connectivity index (χ2v) is 7.44. The molecule has 0 spiro atoms. The highest BCUT2D eigenvalue weighted by Crippen LogP contribution is 2.30. The van der Waals surface area contributed by atoms with Gasteiger partial charge in [-0.2, -0.15) is 5.10 Å². The average molecular weight is 350 g/mol. The SMILES string of the molecule is Cc1ccc(C)c(-c2[nH]ncc2CN2CCC(c3nncn3C)CC2)c1. The van der Waals surface area contributed by atoms with E-state index in [0.717, 1.165) is 44.0 Å². The Bertz CT molecular complexity index is 885. The van der Waals surface area contributed by atoms with Gasteiger partial charge in [0.05, 0.1) is 11.9 Å². The van der Waals surface area contributed by atoms with Crippen molar-refractivity contribution < 1.29 is 0 Å². The lowest BCUT2D eigenvalue weighted by Gasteiger charge is -2.31. The van der Waals surface area contributed by atoms with Gasteiger partial charge >= 0.3 is 0 Å². The van der Waals surface area contributed by atoms with Gasteiger partial charge in [0, 0.05) is 30.6 Å². The van der Waals surface area contributed by atoms with E-state index in [1.165, 1.54) is 22.3 Å². The fraction of sp³-hybridized carbons (Fsp3) is 0.450. The summed E-state index contributed by atoms with van der Waals surface area (Å²) in [7, 11) is 2.03. The number of hydrogen-bond acceptors (Lipinski definition) is 4. The smallest absolute Gasteiger partial charge is 0.135 e. The average Bonchev–Trinajstić information content (AvgIpc) is 3.27. The zero-order valence-electron chi connectivity index (χ0n) is 15.7. The number of aromatic amines is 1. The molecule has 1 saturated heterocycles. The van der Waals surface area contributed by atoms with Gasteiger partial charge in [-0.25, -0.2) is 0 Å². The first-order chi connectivity index (χ1) is 12.6. The number of aromatic nitrogens is 5. The van der Waals surface area contributed by atoms with Gasteiger partial charge in [0.2, 0.25) is 0 Å². The quantitative estimate of drug-likeness (QED) is 0.785. The van der Waals surface area contributed by atoms with E-state index in [1.807, 2.05) is 13.2 Å². The van der Waals surface area contributed by atoms with Crippen molar-refractivity contribution in [3.63, 3.8) is 0 Å². The van der Waals surface area contributed by atoms with Crippen molar-refractivity contribution in [2.75, 3.05) is 13.1 Å². The van der Waals surface area contributed by atoms with Gasteiger partial charge in [-0.1, -0.05) is 17.7 Å². The van der Waals surface area contributed by atoms with Gasteiger partial charge < -0.3 is 4.57 Å². The third kappa shape index (κ3) is 3.29. The lowest BCUT2D eigenvalue weighted by molar-refractivity contribution is 0.200. The molecular weight excluding hydrogens is 324 g/mol. The molecule has 6 heteroatoms. The maximum absolute atomic E-state index is 4.33. The Morgan fingerprint density at radius 1 is 1.19 bits per heavy atom. The van der Waals surface area contributed by atoms with Crippen LogP contribution in [-0.2, 0) is 13.6 Å². The van der Waals surface area contributed by atoms with Crippen molar-refractivity contribution in [2.45, 2.75) is 39.2 Å². The molecular formula is C20H26N6. The van der Waals surface area contributed by atoms with Crippen LogP contribution in [0.4, 0.5) is 0 Å². The summed E-state index contributed by atoms with van der Waals surface area (Å²) < 4.78 is 2.05. The first-order valence-electron chi connectivity index (χ1n) is 9.28. The van der Waals surface area contributed by atoms with Crippen molar-refractivity contribution in [1.82, 2.24) is 29.9 Å².